The second-order valence-corrected chi connectivity index (χ2v) is 8.86. The van der Waals surface area contributed by atoms with Crippen molar-refractivity contribution in [2.45, 2.75) is 57.9 Å². The summed E-state index contributed by atoms with van der Waals surface area (Å²) in [6.07, 6.45) is 12.2. The van der Waals surface area contributed by atoms with Gasteiger partial charge in [-0.1, -0.05) is 19.4 Å². The summed E-state index contributed by atoms with van der Waals surface area (Å²) in [6.45, 7) is 4.67. The Morgan fingerprint density at radius 2 is 2.00 bits per heavy atom. The Balaban J connectivity index is 1.32. The van der Waals surface area contributed by atoms with Gasteiger partial charge in [-0.3, -0.25) is 9.78 Å². The molecule has 0 spiro atoms. The van der Waals surface area contributed by atoms with Gasteiger partial charge in [-0.15, -0.1) is 0 Å². The largest absolute Gasteiger partial charge is 0.337 e. The van der Waals surface area contributed by atoms with Crippen LogP contribution in [-0.2, 0) is 19.4 Å². The van der Waals surface area contributed by atoms with Gasteiger partial charge in [-0.2, -0.15) is 11.3 Å². The number of hydrogen-bond acceptors (Lipinski definition) is 4. The van der Waals surface area contributed by atoms with Crippen molar-refractivity contribution in [3.8, 4) is 0 Å². The van der Waals surface area contributed by atoms with Gasteiger partial charge in [-0.25, -0.2) is 4.98 Å². The number of aryl methyl sites for hydroxylation is 3. The van der Waals surface area contributed by atoms with Crippen LogP contribution < -0.4 is 0 Å². The molecule has 1 aliphatic heterocycles. The number of carbonyl (C=O) groups is 1. The summed E-state index contributed by atoms with van der Waals surface area (Å²) >= 11 is 1.75. The molecular formula is C24H30N4OS. The SMILES string of the molecule is CCCCc1ccc(C(=O)N2CCC(c3nccn3CCc3ccsc3)CC2)nc1. The first kappa shape index (κ1) is 20.8. The first-order valence-electron chi connectivity index (χ1n) is 11.0. The van der Waals surface area contributed by atoms with Crippen molar-refractivity contribution in [2.75, 3.05) is 13.1 Å². The highest BCUT2D eigenvalue weighted by molar-refractivity contribution is 7.07. The van der Waals surface area contributed by atoms with E-state index in [0.29, 0.717) is 11.6 Å². The number of pyridine rings is 1. The minimum Gasteiger partial charge on any atom is -0.337 e. The van der Waals surface area contributed by atoms with Crippen LogP contribution in [0.15, 0.2) is 47.5 Å². The van der Waals surface area contributed by atoms with Gasteiger partial charge in [0.25, 0.3) is 5.91 Å². The number of imidazole rings is 1. The van der Waals surface area contributed by atoms with Gasteiger partial charge >= 0.3 is 0 Å². The number of piperidine rings is 1. The molecule has 0 aromatic carbocycles. The zero-order chi connectivity index (χ0) is 20.8. The zero-order valence-electron chi connectivity index (χ0n) is 17.7. The minimum absolute atomic E-state index is 0.0521. The molecule has 158 valence electrons. The van der Waals surface area contributed by atoms with E-state index in [0.717, 1.165) is 57.6 Å². The summed E-state index contributed by atoms with van der Waals surface area (Å²) in [5.74, 6) is 1.63. The van der Waals surface area contributed by atoms with Gasteiger partial charge in [0.15, 0.2) is 0 Å². The molecule has 1 amide bonds. The quantitative estimate of drug-likeness (QED) is 0.516. The Morgan fingerprint density at radius 1 is 1.13 bits per heavy atom. The lowest BCUT2D eigenvalue weighted by atomic mass is 9.95. The summed E-state index contributed by atoms with van der Waals surface area (Å²) in [4.78, 5) is 23.9. The maximum Gasteiger partial charge on any atom is 0.272 e. The maximum absolute atomic E-state index is 12.9. The van der Waals surface area contributed by atoms with E-state index in [2.05, 4.69) is 44.5 Å². The molecule has 0 radical (unpaired) electrons. The molecule has 3 aromatic rings. The Morgan fingerprint density at radius 3 is 2.70 bits per heavy atom. The lowest BCUT2D eigenvalue weighted by Crippen LogP contribution is -2.38. The first-order chi connectivity index (χ1) is 14.7. The summed E-state index contributed by atoms with van der Waals surface area (Å²) in [7, 11) is 0. The molecule has 3 aromatic heterocycles. The van der Waals surface area contributed by atoms with Crippen LogP contribution >= 0.6 is 11.3 Å². The molecule has 0 atom stereocenters. The van der Waals surface area contributed by atoms with Crippen molar-refractivity contribution in [3.63, 3.8) is 0 Å². The topological polar surface area (TPSA) is 51.0 Å². The molecule has 5 nitrogen and oxygen atoms in total. The molecule has 0 saturated carbocycles. The van der Waals surface area contributed by atoms with E-state index >= 15 is 0 Å². The number of thiophene rings is 1. The molecular weight excluding hydrogens is 392 g/mol. The second kappa shape index (κ2) is 10.0. The van der Waals surface area contributed by atoms with Crippen molar-refractivity contribution < 1.29 is 4.79 Å². The molecule has 0 N–H and O–H groups in total. The predicted octanol–water partition coefficient (Wildman–Crippen LogP) is 4.94. The lowest BCUT2D eigenvalue weighted by Gasteiger charge is -2.31. The summed E-state index contributed by atoms with van der Waals surface area (Å²) in [6, 6.07) is 6.12. The van der Waals surface area contributed by atoms with Gasteiger partial charge in [0.2, 0.25) is 0 Å². The number of amides is 1. The Hall–Kier alpha value is -2.47. The monoisotopic (exact) mass is 422 g/mol. The second-order valence-electron chi connectivity index (χ2n) is 8.08. The number of unbranched alkanes of at least 4 members (excludes halogenated alkanes) is 1. The molecule has 1 aliphatic rings. The third kappa shape index (κ3) is 4.98. The first-order valence-corrected chi connectivity index (χ1v) is 11.9. The van der Waals surface area contributed by atoms with Gasteiger partial charge in [0.05, 0.1) is 0 Å². The van der Waals surface area contributed by atoms with E-state index in [1.165, 1.54) is 17.5 Å². The Kier molecular flexibility index (Phi) is 6.95. The van der Waals surface area contributed by atoms with Crippen LogP contribution in [0, 0.1) is 0 Å². The van der Waals surface area contributed by atoms with E-state index < -0.39 is 0 Å². The van der Waals surface area contributed by atoms with Crippen LogP contribution in [0.2, 0.25) is 0 Å². The fourth-order valence-electron chi connectivity index (χ4n) is 4.14. The molecule has 4 rings (SSSR count). The summed E-state index contributed by atoms with van der Waals surface area (Å²) < 4.78 is 2.29. The highest BCUT2D eigenvalue weighted by Gasteiger charge is 2.27. The van der Waals surface area contributed by atoms with E-state index in [4.69, 9.17) is 0 Å². The number of rotatable bonds is 8. The Bertz CT molecular complexity index is 925. The fourth-order valence-corrected chi connectivity index (χ4v) is 4.84. The molecule has 4 heterocycles. The number of hydrogen-bond donors (Lipinski definition) is 0. The van der Waals surface area contributed by atoms with Crippen LogP contribution in [0.25, 0.3) is 0 Å². The van der Waals surface area contributed by atoms with Gasteiger partial charge in [0.1, 0.15) is 11.5 Å². The number of aromatic nitrogens is 3. The van der Waals surface area contributed by atoms with Crippen LogP contribution in [0.1, 0.15) is 66.0 Å². The van der Waals surface area contributed by atoms with E-state index in [9.17, 15) is 4.79 Å². The van der Waals surface area contributed by atoms with Crippen molar-refractivity contribution in [2.24, 2.45) is 0 Å². The standard InChI is InChI=1S/C24H30N4OS/c1-2-3-4-19-5-6-22(26-17-19)24(29)28-13-8-21(9-14-28)23-25-11-15-27(23)12-7-20-10-16-30-18-20/h5-6,10-11,15-18,21H,2-4,7-9,12-14H2,1H3. The van der Waals surface area contributed by atoms with Crippen LogP contribution in [0.3, 0.4) is 0 Å². The number of carbonyl (C=O) groups excluding carboxylic acids is 1. The summed E-state index contributed by atoms with van der Waals surface area (Å²) in [5.41, 5.74) is 3.15. The smallest absolute Gasteiger partial charge is 0.272 e. The average molecular weight is 423 g/mol. The third-order valence-corrected chi connectivity index (χ3v) is 6.71. The molecule has 30 heavy (non-hydrogen) atoms. The lowest BCUT2D eigenvalue weighted by molar-refractivity contribution is 0.0704. The summed E-state index contributed by atoms with van der Waals surface area (Å²) in [5, 5.41) is 4.34. The fraction of sp³-hybridized carbons (Fsp3) is 0.458. The van der Waals surface area contributed by atoms with Crippen molar-refractivity contribution in [1.82, 2.24) is 19.4 Å². The molecule has 0 unspecified atom stereocenters. The zero-order valence-corrected chi connectivity index (χ0v) is 18.5. The normalized spacial score (nSPS) is 14.9. The van der Waals surface area contributed by atoms with E-state index in [1.807, 2.05) is 29.4 Å². The molecule has 6 heteroatoms. The molecule has 1 fully saturated rings. The highest BCUT2D eigenvalue weighted by atomic mass is 32.1. The van der Waals surface area contributed by atoms with Crippen LogP contribution in [0.5, 0.6) is 0 Å². The van der Waals surface area contributed by atoms with Crippen molar-refractivity contribution in [1.29, 1.82) is 0 Å². The highest BCUT2D eigenvalue weighted by Crippen LogP contribution is 2.28. The Labute approximate surface area is 182 Å². The maximum atomic E-state index is 12.9. The van der Waals surface area contributed by atoms with Crippen molar-refractivity contribution in [3.05, 3.63) is 70.2 Å². The predicted molar refractivity (Wildman–Crippen MR) is 121 cm³/mol. The van der Waals surface area contributed by atoms with E-state index in [1.54, 1.807) is 11.3 Å². The molecule has 0 bridgehead atoms. The average Bonchev–Trinajstić information content (AvgIpc) is 3.48. The van der Waals surface area contributed by atoms with Crippen molar-refractivity contribution >= 4 is 17.2 Å². The molecule has 0 aliphatic carbocycles. The van der Waals surface area contributed by atoms with E-state index in [-0.39, 0.29) is 5.91 Å². The number of nitrogens with zero attached hydrogens (tertiary/aromatic N) is 4. The van der Waals surface area contributed by atoms with Crippen LogP contribution in [-0.4, -0.2) is 38.4 Å². The van der Waals surface area contributed by atoms with Gasteiger partial charge < -0.3 is 9.47 Å². The third-order valence-electron chi connectivity index (χ3n) is 5.98. The van der Waals surface area contributed by atoms with Gasteiger partial charge in [0, 0.05) is 44.1 Å². The van der Waals surface area contributed by atoms with Crippen LogP contribution in [0.4, 0.5) is 0 Å². The minimum atomic E-state index is 0.0521. The number of likely N-dealkylation sites (tertiary alicyclic amines) is 1. The van der Waals surface area contributed by atoms with Gasteiger partial charge in [-0.05, 0) is 66.1 Å². The molecule has 1 saturated heterocycles.